The van der Waals surface area contributed by atoms with Gasteiger partial charge in [-0.05, 0) is 6.42 Å². The fourth-order valence-electron chi connectivity index (χ4n) is 2.09. The highest BCUT2D eigenvalue weighted by atomic mass is 32.1. The Morgan fingerprint density at radius 3 is 2.65 bits per heavy atom. The second kappa shape index (κ2) is 6.06. The lowest BCUT2D eigenvalue weighted by Crippen LogP contribution is -2.15. The van der Waals surface area contributed by atoms with E-state index in [1.54, 1.807) is 11.3 Å². The molecule has 4 nitrogen and oxygen atoms in total. The van der Waals surface area contributed by atoms with Crippen molar-refractivity contribution < 1.29 is 0 Å². The van der Waals surface area contributed by atoms with Crippen LogP contribution in [0.2, 0.25) is 0 Å². The monoisotopic (exact) mass is 292 g/mol. The van der Waals surface area contributed by atoms with Gasteiger partial charge in [-0.25, -0.2) is 4.98 Å². The molecule has 1 N–H and O–H groups in total. The summed E-state index contributed by atoms with van der Waals surface area (Å²) in [5.74, 6) is 0. The van der Waals surface area contributed by atoms with Gasteiger partial charge in [0.2, 0.25) is 0 Å². The fraction of sp³-hybridized carbons (Fsp3) is 0.600. The zero-order valence-electron chi connectivity index (χ0n) is 13.0. The van der Waals surface area contributed by atoms with Crippen LogP contribution in [0.4, 0.5) is 0 Å². The summed E-state index contributed by atoms with van der Waals surface area (Å²) < 4.78 is 1.89. The lowest BCUT2D eigenvalue weighted by atomic mass is 9.98. The van der Waals surface area contributed by atoms with Gasteiger partial charge in [-0.3, -0.25) is 4.68 Å². The van der Waals surface area contributed by atoms with Gasteiger partial charge in [0.15, 0.2) is 0 Å². The summed E-state index contributed by atoms with van der Waals surface area (Å²) in [6.07, 6.45) is 3.07. The first-order valence-corrected chi connectivity index (χ1v) is 7.95. The third-order valence-corrected chi connectivity index (χ3v) is 4.46. The van der Waals surface area contributed by atoms with Crippen LogP contribution in [0.1, 0.15) is 49.7 Å². The lowest BCUT2D eigenvalue weighted by Gasteiger charge is -2.13. The smallest absolute Gasteiger partial charge is 0.0982 e. The molecule has 0 saturated carbocycles. The summed E-state index contributed by atoms with van der Waals surface area (Å²) in [7, 11) is 1.97. The number of aryl methyl sites for hydroxylation is 2. The van der Waals surface area contributed by atoms with Crippen molar-refractivity contribution in [3.8, 4) is 0 Å². The van der Waals surface area contributed by atoms with E-state index in [1.165, 1.54) is 16.3 Å². The Hall–Kier alpha value is -1.20. The summed E-state index contributed by atoms with van der Waals surface area (Å²) in [4.78, 5) is 4.70. The van der Waals surface area contributed by atoms with Crippen LogP contribution >= 0.6 is 11.3 Å². The molecule has 2 aromatic rings. The highest BCUT2D eigenvalue weighted by molar-refractivity contribution is 7.09. The first kappa shape index (κ1) is 15.2. The Bertz CT molecular complexity index is 563. The number of hydrogen-bond acceptors (Lipinski definition) is 4. The molecule has 20 heavy (non-hydrogen) atoms. The molecule has 0 fully saturated rings. The standard InChI is InChI=1S/C15H24N4S/c1-6-13-11(9-19(5)18-13)7-16-8-12-10-20-14(17-12)15(2,3)4/h9-10,16H,6-8H2,1-5H3. The molecule has 2 aromatic heterocycles. The summed E-state index contributed by atoms with van der Waals surface area (Å²) in [6.45, 7) is 10.4. The van der Waals surface area contributed by atoms with E-state index in [0.29, 0.717) is 0 Å². The molecular formula is C15H24N4S. The van der Waals surface area contributed by atoms with E-state index < -0.39 is 0 Å². The van der Waals surface area contributed by atoms with Crippen LogP contribution in [0.15, 0.2) is 11.6 Å². The Kier molecular flexibility index (Phi) is 4.60. The van der Waals surface area contributed by atoms with Crippen molar-refractivity contribution in [1.29, 1.82) is 0 Å². The minimum absolute atomic E-state index is 0.141. The van der Waals surface area contributed by atoms with E-state index in [1.807, 2.05) is 11.7 Å². The first-order valence-electron chi connectivity index (χ1n) is 7.07. The Labute approximate surface area is 125 Å². The van der Waals surface area contributed by atoms with E-state index in [4.69, 9.17) is 4.98 Å². The zero-order valence-corrected chi connectivity index (χ0v) is 13.8. The van der Waals surface area contributed by atoms with Crippen LogP contribution in [0, 0.1) is 0 Å². The predicted octanol–water partition coefficient (Wildman–Crippen LogP) is 3.03. The maximum absolute atomic E-state index is 4.70. The second-order valence-electron chi connectivity index (χ2n) is 6.13. The number of hydrogen-bond donors (Lipinski definition) is 1. The van der Waals surface area contributed by atoms with Gasteiger partial charge in [-0.1, -0.05) is 27.7 Å². The molecule has 0 spiro atoms. The molecule has 0 aliphatic carbocycles. The van der Waals surface area contributed by atoms with Gasteiger partial charge in [-0.15, -0.1) is 11.3 Å². The van der Waals surface area contributed by atoms with Crippen LogP contribution in [0.5, 0.6) is 0 Å². The number of aromatic nitrogens is 3. The quantitative estimate of drug-likeness (QED) is 0.921. The SMILES string of the molecule is CCc1nn(C)cc1CNCc1csc(C(C)(C)C)n1. The van der Waals surface area contributed by atoms with Crippen molar-refractivity contribution in [2.24, 2.45) is 7.05 Å². The molecule has 0 aliphatic rings. The van der Waals surface area contributed by atoms with E-state index in [2.05, 4.69) is 49.7 Å². The summed E-state index contributed by atoms with van der Waals surface area (Å²) >= 11 is 1.75. The zero-order chi connectivity index (χ0) is 14.8. The fourth-order valence-corrected chi connectivity index (χ4v) is 2.99. The molecule has 0 atom stereocenters. The molecule has 0 saturated heterocycles. The van der Waals surface area contributed by atoms with E-state index in [0.717, 1.165) is 25.2 Å². The van der Waals surface area contributed by atoms with Crippen LogP contribution in [-0.4, -0.2) is 14.8 Å². The van der Waals surface area contributed by atoms with Gasteiger partial charge in [0, 0.05) is 42.7 Å². The predicted molar refractivity (Wildman–Crippen MR) is 83.9 cm³/mol. The second-order valence-corrected chi connectivity index (χ2v) is 6.98. The third-order valence-electron chi connectivity index (χ3n) is 3.14. The Balaban J connectivity index is 1.91. The van der Waals surface area contributed by atoms with Crippen molar-refractivity contribution in [2.75, 3.05) is 0 Å². The number of nitrogens with one attached hydrogen (secondary N) is 1. The van der Waals surface area contributed by atoms with Crippen molar-refractivity contribution >= 4 is 11.3 Å². The Morgan fingerprint density at radius 1 is 1.30 bits per heavy atom. The molecule has 5 heteroatoms. The van der Waals surface area contributed by atoms with Crippen molar-refractivity contribution in [3.05, 3.63) is 33.5 Å². The number of thiazole rings is 1. The molecule has 2 rings (SSSR count). The molecule has 0 unspecified atom stereocenters. The molecule has 0 aliphatic heterocycles. The van der Waals surface area contributed by atoms with Gasteiger partial charge in [0.1, 0.15) is 0 Å². The topological polar surface area (TPSA) is 42.7 Å². The van der Waals surface area contributed by atoms with Crippen molar-refractivity contribution in [3.63, 3.8) is 0 Å². The third kappa shape index (κ3) is 3.67. The van der Waals surface area contributed by atoms with Gasteiger partial charge in [-0.2, -0.15) is 5.10 Å². The largest absolute Gasteiger partial charge is 0.307 e. The minimum Gasteiger partial charge on any atom is -0.307 e. The van der Waals surface area contributed by atoms with Gasteiger partial charge in [0.05, 0.1) is 16.4 Å². The molecule has 0 aromatic carbocycles. The lowest BCUT2D eigenvalue weighted by molar-refractivity contribution is 0.579. The highest BCUT2D eigenvalue weighted by Crippen LogP contribution is 2.25. The number of rotatable bonds is 5. The maximum atomic E-state index is 4.70. The molecule has 2 heterocycles. The van der Waals surface area contributed by atoms with Crippen LogP contribution in [-0.2, 0) is 32.0 Å². The van der Waals surface area contributed by atoms with E-state index in [-0.39, 0.29) is 5.41 Å². The molecule has 0 amide bonds. The Morgan fingerprint density at radius 2 is 2.05 bits per heavy atom. The average Bonchev–Trinajstić information content (AvgIpc) is 2.95. The van der Waals surface area contributed by atoms with E-state index in [9.17, 15) is 0 Å². The molecule has 0 bridgehead atoms. The number of nitrogens with zero attached hydrogens (tertiary/aromatic N) is 3. The summed E-state index contributed by atoms with van der Waals surface area (Å²) in [5, 5.41) is 11.3. The van der Waals surface area contributed by atoms with Crippen molar-refractivity contribution in [1.82, 2.24) is 20.1 Å². The molecule has 0 radical (unpaired) electrons. The minimum atomic E-state index is 0.141. The van der Waals surface area contributed by atoms with E-state index >= 15 is 0 Å². The summed E-state index contributed by atoms with van der Waals surface area (Å²) in [5.41, 5.74) is 3.72. The normalized spacial score (nSPS) is 12.1. The van der Waals surface area contributed by atoms with Crippen molar-refractivity contribution in [2.45, 2.75) is 52.6 Å². The maximum Gasteiger partial charge on any atom is 0.0982 e. The van der Waals surface area contributed by atoms with Gasteiger partial charge >= 0.3 is 0 Å². The molecule has 110 valence electrons. The van der Waals surface area contributed by atoms with Gasteiger partial charge < -0.3 is 5.32 Å². The van der Waals surface area contributed by atoms with Crippen LogP contribution in [0.3, 0.4) is 0 Å². The van der Waals surface area contributed by atoms with Gasteiger partial charge in [0.25, 0.3) is 0 Å². The average molecular weight is 292 g/mol. The highest BCUT2D eigenvalue weighted by Gasteiger charge is 2.17. The summed E-state index contributed by atoms with van der Waals surface area (Å²) in [6, 6.07) is 0. The van der Waals surface area contributed by atoms with Crippen LogP contribution < -0.4 is 5.32 Å². The van der Waals surface area contributed by atoms with Crippen LogP contribution in [0.25, 0.3) is 0 Å². The first-order chi connectivity index (χ1) is 9.40. The molecular weight excluding hydrogens is 268 g/mol.